The van der Waals surface area contributed by atoms with Crippen molar-refractivity contribution in [3.8, 4) is 0 Å². The molecule has 0 fully saturated rings. The van der Waals surface area contributed by atoms with Crippen LogP contribution in [0.4, 0.5) is 8.78 Å². The van der Waals surface area contributed by atoms with Crippen molar-refractivity contribution in [1.29, 1.82) is 0 Å². The van der Waals surface area contributed by atoms with Crippen LogP contribution >= 0.6 is 11.3 Å². The molecule has 0 radical (unpaired) electrons. The zero-order valence-corrected chi connectivity index (χ0v) is 13.4. The predicted molar refractivity (Wildman–Crippen MR) is 84.6 cm³/mol. The van der Waals surface area contributed by atoms with Gasteiger partial charge in [0.1, 0.15) is 11.2 Å². The van der Waals surface area contributed by atoms with Crippen LogP contribution in [0.5, 0.6) is 0 Å². The molecule has 8 heteroatoms. The number of H-pyrrole nitrogens is 1. The zero-order chi connectivity index (χ0) is 17.4. The SMILES string of the molecule is C=CCC(C)(NC(=O)c1cc2sc(C)c(C(=O)O)c2[nH]1)C(F)F. The molecule has 3 N–H and O–H groups in total. The van der Waals surface area contributed by atoms with Crippen molar-refractivity contribution in [2.45, 2.75) is 32.2 Å². The zero-order valence-electron chi connectivity index (χ0n) is 12.6. The van der Waals surface area contributed by atoms with E-state index in [1.807, 2.05) is 0 Å². The molecule has 124 valence electrons. The average Bonchev–Trinajstić information content (AvgIpc) is 2.94. The normalized spacial score (nSPS) is 14.0. The fourth-order valence-electron chi connectivity index (χ4n) is 2.29. The molecule has 23 heavy (non-hydrogen) atoms. The van der Waals surface area contributed by atoms with E-state index in [0.717, 1.165) is 0 Å². The number of rotatable bonds is 6. The standard InChI is InChI=1S/C15H16F2N2O3S/c1-4-5-15(3,14(16)17)19-12(20)8-6-9-11(18-8)10(13(21)22)7(2)23-9/h4,6,14,18H,1,5H2,2-3H3,(H,19,20)(H,21,22). The first kappa shape index (κ1) is 17.1. The number of hydrogen-bond donors (Lipinski definition) is 3. The summed E-state index contributed by atoms with van der Waals surface area (Å²) in [6.07, 6.45) is -1.55. The molecular formula is C15H16F2N2O3S. The van der Waals surface area contributed by atoms with Crippen LogP contribution in [0.25, 0.3) is 10.2 Å². The number of hydrogen-bond acceptors (Lipinski definition) is 3. The quantitative estimate of drug-likeness (QED) is 0.702. The maximum atomic E-state index is 13.2. The van der Waals surface area contributed by atoms with E-state index in [1.165, 1.54) is 30.4 Å². The van der Waals surface area contributed by atoms with Crippen LogP contribution in [0.1, 0.15) is 39.1 Å². The molecule has 0 aromatic carbocycles. The van der Waals surface area contributed by atoms with E-state index < -0.39 is 23.8 Å². The molecule has 0 saturated heterocycles. The number of nitrogens with one attached hydrogen (secondary N) is 2. The third-order valence-corrected chi connectivity index (χ3v) is 4.61. The summed E-state index contributed by atoms with van der Waals surface area (Å²) in [6, 6.07) is 1.47. The van der Waals surface area contributed by atoms with Crippen molar-refractivity contribution in [3.63, 3.8) is 0 Å². The lowest BCUT2D eigenvalue weighted by Gasteiger charge is -2.28. The minimum Gasteiger partial charge on any atom is -0.478 e. The second-order valence-corrected chi connectivity index (χ2v) is 6.68. The Labute approximate surface area is 135 Å². The maximum absolute atomic E-state index is 13.2. The molecule has 0 saturated carbocycles. The summed E-state index contributed by atoms with van der Waals surface area (Å²) >= 11 is 1.22. The molecule has 2 rings (SSSR count). The number of amides is 1. The number of carbonyl (C=O) groups is 2. The van der Waals surface area contributed by atoms with E-state index >= 15 is 0 Å². The van der Waals surface area contributed by atoms with Gasteiger partial charge in [-0.2, -0.15) is 0 Å². The van der Waals surface area contributed by atoms with E-state index in [-0.39, 0.29) is 17.7 Å². The highest BCUT2D eigenvalue weighted by Gasteiger charge is 2.36. The van der Waals surface area contributed by atoms with Crippen LogP contribution in [0, 0.1) is 6.92 Å². The highest BCUT2D eigenvalue weighted by molar-refractivity contribution is 7.19. The summed E-state index contributed by atoms with van der Waals surface area (Å²) in [5.41, 5.74) is -1.27. The molecular weight excluding hydrogens is 326 g/mol. The molecule has 1 unspecified atom stereocenters. The lowest BCUT2D eigenvalue weighted by Crippen LogP contribution is -2.51. The Morgan fingerprint density at radius 2 is 2.22 bits per heavy atom. The first-order chi connectivity index (χ1) is 10.7. The van der Waals surface area contributed by atoms with Crippen molar-refractivity contribution in [1.82, 2.24) is 10.3 Å². The number of aromatic carboxylic acids is 1. The summed E-state index contributed by atoms with van der Waals surface area (Å²) in [5.74, 6) is -1.82. The lowest BCUT2D eigenvalue weighted by molar-refractivity contribution is 0.0374. The van der Waals surface area contributed by atoms with Crippen LogP contribution in [0.15, 0.2) is 18.7 Å². The molecule has 1 atom stereocenters. The van der Waals surface area contributed by atoms with Crippen molar-refractivity contribution >= 4 is 33.4 Å². The molecule has 0 spiro atoms. The fraction of sp³-hybridized carbons (Fsp3) is 0.333. The van der Waals surface area contributed by atoms with E-state index in [9.17, 15) is 23.5 Å². The number of halogens is 2. The highest BCUT2D eigenvalue weighted by Crippen LogP contribution is 2.31. The number of carbonyl (C=O) groups excluding carboxylic acids is 1. The molecule has 0 aliphatic rings. The first-order valence-corrected chi connectivity index (χ1v) is 7.58. The molecule has 1 amide bonds. The summed E-state index contributed by atoms with van der Waals surface area (Å²) in [6.45, 7) is 6.32. The Morgan fingerprint density at radius 1 is 1.57 bits per heavy atom. The molecule has 2 aromatic rings. The fourth-order valence-corrected chi connectivity index (χ4v) is 3.35. The second kappa shape index (κ2) is 6.11. The van der Waals surface area contributed by atoms with Crippen molar-refractivity contribution < 1.29 is 23.5 Å². The third-order valence-electron chi connectivity index (χ3n) is 3.55. The van der Waals surface area contributed by atoms with Gasteiger partial charge in [-0.05, 0) is 26.3 Å². The number of carboxylic acids is 1. The van der Waals surface area contributed by atoms with Crippen LogP contribution in [0.3, 0.4) is 0 Å². The van der Waals surface area contributed by atoms with Crippen LogP contribution in [-0.4, -0.2) is 33.9 Å². The molecule has 5 nitrogen and oxygen atoms in total. The number of alkyl halides is 2. The second-order valence-electron chi connectivity index (χ2n) is 5.43. The molecule has 2 heterocycles. The van der Waals surface area contributed by atoms with Crippen LogP contribution in [-0.2, 0) is 0 Å². The summed E-state index contributed by atoms with van der Waals surface area (Å²) < 4.78 is 26.9. The first-order valence-electron chi connectivity index (χ1n) is 6.76. The summed E-state index contributed by atoms with van der Waals surface area (Å²) in [7, 11) is 0. The largest absolute Gasteiger partial charge is 0.478 e. The van der Waals surface area contributed by atoms with Gasteiger partial charge >= 0.3 is 5.97 Å². The van der Waals surface area contributed by atoms with Gasteiger partial charge in [-0.15, -0.1) is 17.9 Å². The van der Waals surface area contributed by atoms with E-state index in [4.69, 9.17) is 0 Å². The smallest absolute Gasteiger partial charge is 0.338 e. The van der Waals surface area contributed by atoms with Gasteiger partial charge in [0.2, 0.25) is 0 Å². The minimum atomic E-state index is -2.77. The monoisotopic (exact) mass is 342 g/mol. The average molecular weight is 342 g/mol. The number of aryl methyl sites for hydroxylation is 1. The Hall–Kier alpha value is -2.22. The van der Waals surface area contributed by atoms with Crippen molar-refractivity contribution in [3.05, 3.63) is 34.9 Å². The van der Waals surface area contributed by atoms with Gasteiger partial charge in [0.05, 0.1) is 15.8 Å². The summed E-state index contributed by atoms with van der Waals surface area (Å²) in [4.78, 5) is 26.8. The van der Waals surface area contributed by atoms with Gasteiger partial charge in [-0.1, -0.05) is 6.08 Å². The van der Waals surface area contributed by atoms with Crippen molar-refractivity contribution in [2.24, 2.45) is 0 Å². The highest BCUT2D eigenvalue weighted by atomic mass is 32.1. The Kier molecular flexibility index (Phi) is 4.56. The molecule has 0 aliphatic carbocycles. The van der Waals surface area contributed by atoms with Gasteiger partial charge in [0.15, 0.2) is 0 Å². The van der Waals surface area contributed by atoms with Crippen molar-refractivity contribution in [2.75, 3.05) is 0 Å². The van der Waals surface area contributed by atoms with Gasteiger partial charge in [0.25, 0.3) is 12.3 Å². The summed E-state index contributed by atoms with van der Waals surface area (Å²) in [5, 5.41) is 11.5. The van der Waals surface area contributed by atoms with E-state index in [0.29, 0.717) is 15.1 Å². The third kappa shape index (κ3) is 3.12. The Morgan fingerprint density at radius 3 is 2.74 bits per heavy atom. The van der Waals surface area contributed by atoms with Gasteiger partial charge in [-0.25, -0.2) is 13.6 Å². The topological polar surface area (TPSA) is 82.2 Å². The number of aromatic amines is 1. The molecule has 2 aromatic heterocycles. The van der Waals surface area contributed by atoms with Crippen LogP contribution < -0.4 is 5.32 Å². The number of fused-ring (bicyclic) bond motifs is 1. The Balaban J connectivity index is 2.35. The lowest BCUT2D eigenvalue weighted by atomic mass is 9.98. The van der Waals surface area contributed by atoms with E-state index in [1.54, 1.807) is 6.92 Å². The Bertz CT molecular complexity index is 781. The maximum Gasteiger partial charge on any atom is 0.338 e. The van der Waals surface area contributed by atoms with Gasteiger partial charge in [0, 0.05) is 4.88 Å². The molecule has 0 aliphatic heterocycles. The van der Waals surface area contributed by atoms with Crippen LogP contribution in [0.2, 0.25) is 0 Å². The number of thiophene rings is 1. The van der Waals surface area contributed by atoms with Gasteiger partial charge in [-0.3, -0.25) is 4.79 Å². The van der Waals surface area contributed by atoms with Gasteiger partial charge < -0.3 is 15.4 Å². The minimum absolute atomic E-state index is 0.0460. The molecule has 0 bridgehead atoms. The van der Waals surface area contributed by atoms with E-state index in [2.05, 4.69) is 16.9 Å². The number of carboxylic acid groups (broad SMARTS) is 1. The predicted octanol–water partition coefficient (Wildman–Crippen LogP) is 3.57. The number of aromatic nitrogens is 1.